The normalized spacial score (nSPS) is 12.4. The molecule has 4 nitrogen and oxygen atoms in total. The SMILES string of the molecule is CCC(C#N)NCc1cn(C)nc1C. The molecule has 0 saturated heterocycles. The van der Waals surface area contributed by atoms with E-state index in [4.69, 9.17) is 5.26 Å². The van der Waals surface area contributed by atoms with Crippen molar-refractivity contribution in [3.8, 4) is 6.07 Å². The van der Waals surface area contributed by atoms with Crippen LogP contribution in [0.25, 0.3) is 0 Å². The Hall–Kier alpha value is -1.34. The van der Waals surface area contributed by atoms with Crippen LogP contribution in [0, 0.1) is 18.3 Å². The number of nitrogens with zero attached hydrogens (tertiary/aromatic N) is 3. The average Bonchev–Trinajstić information content (AvgIpc) is 2.47. The molecule has 0 aromatic carbocycles. The third-order valence-corrected chi connectivity index (χ3v) is 2.22. The number of nitriles is 1. The second-order valence-electron chi connectivity index (χ2n) is 3.38. The van der Waals surface area contributed by atoms with Gasteiger partial charge in [0.2, 0.25) is 0 Å². The molecule has 14 heavy (non-hydrogen) atoms. The van der Waals surface area contributed by atoms with Crippen LogP contribution >= 0.6 is 0 Å². The molecule has 1 aromatic heterocycles. The molecule has 1 heterocycles. The third kappa shape index (κ3) is 2.57. The van der Waals surface area contributed by atoms with Gasteiger partial charge in [0.15, 0.2) is 0 Å². The standard InChI is InChI=1S/C10H16N4/c1-4-10(5-11)12-6-9-7-14(3)13-8(9)2/h7,10,12H,4,6H2,1-3H3. The molecule has 4 heteroatoms. The van der Waals surface area contributed by atoms with Crippen molar-refractivity contribution in [3.05, 3.63) is 17.5 Å². The summed E-state index contributed by atoms with van der Waals surface area (Å²) in [6.45, 7) is 4.69. The van der Waals surface area contributed by atoms with Crippen molar-refractivity contribution in [2.75, 3.05) is 0 Å². The van der Waals surface area contributed by atoms with Crippen molar-refractivity contribution < 1.29 is 0 Å². The lowest BCUT2D eigenvalue weighted by atomic mass is 10.2. The third-order valence-electron chi connectivity index (χ3n) is 2.22. The number of aryl methyl sites for hydroxylation is 2. The van der Waals surface area contributed by atoms with Crippen molar-refractivity contribution in [1.29, 1.82) is 5.26 Å². The van der Waals surface area contributed by atoms with Gasteiger partial charge in [-0.05, 0) is 13.3 Å². The molecule has 0 aliphatic carbocycles. The molecule has 76 valence electrons. The van der Waals surface area contributed by atoms with Gasteiger partial charge in [0.1, 0.15) is 0 Å². The Labute approximate surface area is 84.5 Å². The Balaban J connectivity index is 2.53. The van der Waals surface area contributed by atoms with Gasteiger partial charge in [-0.15, -0.1) is 0 Å². The van der Waals surface area contributed by atoms with Crippen LogP contribution < -0.4 is 5.32 Å². The van der Waals surface area contributed by atoms with E-state index in [2.05, 4.69) is 16.5 Å². The number of rotatable bonds is 4. The van der Waals surface area contributed by atoms with E-state index in [9.17, 15) is 0 Å². The zero-order valence-electron chi connectivity index (χ0n) is 8.91. The van der Waals surface area contributed by atoms with E-state index in [1.807, 2.05) is 27.1 Å². The Morgan fingerprint density at radius 1 is 1.71 bits per heavy atom. The first-order valence-corrected chi connectivity index (χ1v) is 4.79. The topological polar surface area (TPSA) is 53.6 Å². The molecule has 1 aromatic rings. The van der Waals surface area contributed by atoms with Gasteiger partial charge in [-0.3, -0.25) is 10.00 Å². The van der Waals surface area contributed by atoms with Crippen LogP contribution in [0.15, 0.2) is 6.20 Å². The summed E-state index contributed by atoms with van der Waals surface area (Å²) in [5.74, 6) is 0. The molecule has 1 N–H and O–H groups in total. The number of hydrogen-bond donors (Lipinski definition) is 1. The largest absolute Gasteiger partial charge is 0.298 e. The summed E-state index contributed by atoms with van der Waals surface area (Å²) < 4.78 is 1.79. The summed E-state index contributed by atoms with van der Waals surface area (Å²) in [4.78, 5) is 0. The zero-order chi connectivity index (χ0) is 10.6. The molecule has 1 atom stereocenters. The van der Waals surface area contributed by atoms with Crippen molar-refractivity contribution in [2.24, 2.45) is 7.05 Å². The van der Waals surface area contributed by atoms with Crippen LogP contribution in [-0.2, 0) is 13.6 Å². The summed E-state index contributed by atoms with van der Waals surface area (Å²) in [5.41, 5.74) is 2.17. The maximum absolute atomic E-state index is 8.75. The molecule has 0 radical (unpaired) electrons. The van der Waals surface area contributed by atoms with Crippen molar-refractivity contribution >= 4 is 0 Å². The Morgan fingerprint density at radius 3 is 2.86 bits per heavy atom. The first-order valence-electron chi connectivity index (χ1n) is 4.79. The van der Waals surface area contributed by atoms with Gasteiger partial charge in [0.25, 0.3) is 0 Å². The highest BCUT2D eigenvalue weighted by Crippen LogP contribution is 2.04. The Bertz CT molecular complexity index is 334. The number of aromatic nitrogens is 2. The Morgan fingerprint density at radius 2 is 2.43 bits per heavy atom. The quantitative estimate of drug-likeness (QED) is 0.777. The van der Waals surface area contributed by atoms with Gasteiger partial charge in [-0.2, -0.15) is 10.4 Å². The summed E-state index contributed by atoms with van der Waals surface area (Å²) in [7, 11) is 1.90. The van der Waals surface area contributed by atoms with Gasteiger partial charge in [-0.25, -0.2) is 0 Å². The second-order valence-corrected chi connectivity index (χ2v) is 3.38. The van der Waals surface area contributed by atoms with Crippen LogP contribution in [0.1, 0.15) is 24.6 Å². The minimum absolute atomic E-state index is 0.0605. The van der Waals surface area contributed by atoms with Crippen LogP contribution in [0.5, 0.6) is 0 Å². The Kier molecular flexibility index (Phi) is 3.66. The molecule has 0 amide bonds. The lowest BCUT2D eigenvalue weighted by Gasteiger charge is -2.07. The minimum atomic E-state index is -0.0605. The van der Waals surface area contributed by atoms with E-state index in [1.165, 1.54) is 0 Å². The van der Waals surface area contributed by atoms with Crippen molar-refractivity contribution in [3.63, 3.8) is 0 Å². The molecule has 0 saturated carbocycles. The lowest BCUT2D eigenvalue weighted by molar-refractivity contribution is 0.586. The molecule has 0 spiro atoms. The number of nitrogens with one attached hydrogen (secondary N) is 1. The monoisotopic (exact) mass is 192 g/mol. The summed E-state index contributed by atoms with van der Waals surface area (Å²) in [6.07, 6.45) is 2.81. The highest BCUT2D eigenvalue weighted by Gasteiger charge is 2.06. The van der Waals surface area contributed by atoms with Crippen LogP contribution in [0.2, 0.25) is 0 Å². The maximum Gasteiger partial charge on any atom is 0.0952 e. The fourth-order valence-electron chi connectivity index (χ4n) is 1.34. The predicted molar refractivity (Wildman–Crippen MR) is 54.5 cm³/mol. The van der Waals surface area contributed by atoms with E-state index in [0.717, 1.165) is 17.7 Å². The summed E-state index contributed by atoms with van der Waals surface area (Å²) in [5, 5.41) is 16.2. The predicted octanol–water partition coefficient (Wildman–Crippen LogP) is 1.12. The molecule has 0 bridgehead atoms. The zero-order valence-corrected chi connectivity index (χ0v) is 8.91. The van der Waals surface area contributed by atoms with E-state index in [-0.39, 0.29) is 6.04 Å². The van der Waals surface area contributed by atoms with E-state index in [0.29, 0.717) is 6.54 Å². The van der Waals surface area contributed by atoms with Crippen molar-refractivity contribution in [2.45, 2.75) is 32.9 Å². The molecule has 0 fully saturated rings. The fraction of sp³-hybridized carbons (Fsp3) is 0.600. The highest BCUT2D eigenvalue weighted by atomic mass is 15.2. The van der Waals surface area contributed by atoms with E-state index in [1.54, 1.807) is 4.68 Å². The summed E-state index contributed by atoms with van der Waals surface area (Å²) >= 11 is 0. The van der Waals surface area contributed by atoms with Gasteiger partial charge in [-0.1, -0.05) is 6.92 Å². The molecular weight excluding hydrogens is 176 g/mol. The fourth-order valence-corrected chi connectivity index (χ4v) is 1.34. The first kappa shape index (κ1) is 10.7. The number of hydrogen-bond acceptors (Lipinski definition) is 3. The molecule has 1 rings (SSSR count). The van der Waals surface area contributed by atoms with Crippen molar-refractivity contribution in [1.82, 2.24) is 15.1 Å². The van der Waals surface area contributed by atoms with E-state index < -0.39 is 0 Å². The van der Waals surface area contributed by atoms with Crippen LogP contribution in [-0.4, -0.2) is 15.8 Å². The molecule has 1 unspecified atom stereocenters. The second kappa shape index (κ2) is 4.77. The smallest absolute Gasteiger partial charge is 0.0952 e. The van der Waals surface area contributed by atoms with E-state index >= 15 is 0 Å². The van der Waals surface area contributed by atoms with Gasteiger partial charge >= 0.3 is 0 Å². The minimum Gasteiger partial charge on any atom is -0.298 e. The lowest BCUT2D eigenvalue weighted by Crippen LogP contribution is -2.26. The average molecular weight is 192 g/mol. The molecular formula is C10H16N4. The molecule has 0 aliphatic heterocycles. The maximum atomic E-state index is 8.75. The molecule has 0 aliphatic rings. The highest BCUT2D eigenvalue weighted by molar-refractivity contribution is 5.15. The van der Waals surface area contributed by atoms with Gasteiger partial charge < -0.3 is 0 Å². The van der Waals surface area contributed by atoms with Gasteiger partial charge in [0.05, 0.1) is 17.8 Å². The van der Waals surface area contributed by atoms with Gasteiger partial charge in [0, 0.05) is 25.4 Å². The summed E-state index contributed by atoms with van der Waals surface area (Å²) in [6, 6.07) is 2.15. The first-order chi connectivity index (χ1) is 6.67. The van der Waals surface area contributed by atoms with Crippen LogP contribution in [0.3, 0.4) is 0 Å². The van der Waals surface area contributed by atoms with Crippen LogP contribution in [0.4, 0.5) is 0 Å².